The van der Waals surface area contributed by atoms with Crippen molar-refractivity contribution < 1.29 is 33.3 Å². The number of imidazole rings is 1. The Balaban J connectivity index is 1.41. The van der Waals surface area contributed by atoms with Crippen molar-refractivity contribution in [3.63, 3.8) is 0 Å². The van der Waals surface area contributed by atoms with Gasteiger partial charge in [0.25, 0.3) is 0 Å². The van der Waals surface area contributed by atoms with Gasteiger partial charge in [-0.15, -0.1) is 0 Å². The van der Waals surface area contributed by atoms with Crippen LogP contribution in [0.3, 0.4) is 0 Å². The fraction of sp³-hybridized carbons (Fsp3) is 0.667. The van der Waals surface area contributed by atoms with Crippen LogP contribution in [0, 0.1) is 0 Å². The summed E-state index contributed by atoms with van der Waals surface area (Å²) in [5, 5.41) is 6.67. The number of hydrogen-bond acceptors (Lipinski definition) is 11. The lowest BCUT2D eigenvalue weighted by molar-refractivity contribution is -0.174. The maximum atomic E-state index is 12.2. The third-order valence-electron chi connectivity index (χ3n) is 6.38. The number of anilines is 1. The maximum Gasteiger partial charge on any atom is 0.350 e. The molecule has 1 aromatic rings. The summed E-state index contributed by atoms with van der Waals surface area (Å²) < 4.78 is 23.8. The Morgan fingerprint density at radius 3 is 2.64 bits per heavy atom. The third kappa shape index (κ3) is 4.08. The van der Waals surface area contributed by atoms with Gasteiger partial charge in [0.1, 0.15) is 23.8 Å². The molecule has 0 spiro atoms. The molecule has 0 amide bonds. The zero-order valence-electron chi connectivity index (χ0n) is 18.4. The minimum Gasteiger partial charge on any atom is -0.454 e. The van der Waals surface area contributed by atoms with E-state index in [2.05, 4.69) is 20.6 Å². The predicted octanol–water partition coefficient (Wildman–Crippen LogP) is 0.944. The van der Waals surface area contributed by atoms with Gasteiger partial charge in [-0.3, -0.25) is 19.5 Å². The first kappa shape index (κ1) is 21.8. The number of ether oxygens (including phenoxy) is 4. The molecule has 178 valence electrons. The second-order valence-electron chi connectivity index (χ2n) is 8.71. The first-order chi connectivity index (χ1) is 15.9. The largest absolute Gasteiger partial charge is 0.454 e. The molecule has 12 heteroatoms. The van der Waals surface area contributed by atoms with Gasteiger partial charge in [0.05, 0.1) is 12.7 Å². The molecule has 5 rings (SSSR count). The molecule has 4 heterocycles. The maximum absolute atomic E-state index is 12.2. The van der Waals surface area contributed by atoms with Crippen molar-refractivity contribution in [2.75, 3.05) is 5.32 Å². The second kappa shape index (κ2) is 8.75. The van der Waals surface area contributed by atoms with Gasteiger partial charge < -0.3 is 24.3 Å². The summed E-state index contributed by atoms with van der Waals surface area (Å²) in [6.07, 6.45) is 3.85. The second-order valence-corrected chi connectivity index (χ2v) is 8.71. The van der Waals surface area contributed by atoms with E-state index in [0.717, 1.165) is 12.8 Å². The van der Waals surface area contributed by atoms with Crippen LogP contribution in [0.4, 0.5) is 5.82 Å². The van der Waals surface area contributed by atoms with Crippen LogP contribution in [0.2, 0.25) is 0 Å². The van der Waals surface area contributed by atoms with E-state index in [1.54, 1.807) is 17.2 Å². The molecular weight excluding hydrogens is 434 g/mol. The molecule has 3 fully saturated rings. The molecule has 0 radical (unpaired) electrons. The van der Waals surface area contributed by atoms with E-state index in [-0.39, 0.29) is 6.17 Å². The van der Waals surface area contributed by atoms with Gasteiger partial charge in [-0.2, -0.15) is 0 Å². The molecule has 0 aromatic carbocycles. The van der Waals surface area contributed by atoms with Gasteiger partial charge in [-0.05, 0) is 12.8 Å². The van der Waals surface area contributed by atoms with Crippen LogP contribution in [0.15, 0.2) is 11.3 Å². The summed E-state index contributed by atoms with van der Waals surface area (Å²) in [7, 11) is 0. The highest BCUT2D eigenvalue weighted by molar-refractivity contribution is 5.82. The number of nitrogens with zero attached hydrogens (tertiary/aromatic N) is 3. The number of carbonyl (C=O) groups excluding carboxylic acids is 3. The summed E-state index contributed by atoms with van der Waals surface area (Å²) in [4.78, 5) is 44.6. The number of hydrogen-bond donors (Lipinski definition) is 2. The summed E-state index contributed by atoms with van der Waals surface area (Å²) in [5.41, 5.74) is 0.693. The molecule has 4 aliphatic rings. The topological polar surface area (TPSA) is 142 Å². The molecule has 12 nitrogen and oxygen atoms in total. The van der Waals surface area contributed by atoms with Crippen LogP contribution in [0.25, 0.3) is 0 Å². The van der Waals surface area contributed by atoms with Crippen molar-refractivity contribution in [1.82, 2.24) is 14.9 Å². The molecule has 2 saturated heterocycles. The van der Waals surface area contributed by atoms with Gasteiger partial charge in [-0.25, -0.2) is 14.8 Å². The molecule has 1 saturated carbocycles. The Hall–Kier alpha value is -2.99. The van der Waals surface area contributed by atoms with Gasteiger partial charge in [0, 0.05) is 19.9 Å². The summed E-state index contributed by atoms with van der Waals surface area (Å²) in [6.45, 7) is 2.47. The summed E-state index contributed by atoms with van der Waals surface area (Å²) >= 11 is 0. The Morgan fingerprint density at radius 2 is 1.91 bits per heavy atom. The molecule has 6 atom stereocenters. The lowest BCUT2D eigenvalue weighted by Crippen LogP contribution is -2.37. The highest BCUT2D eigenvalue weighted by atomic mass is 16.7. The van der Waals surface area contributed by atoms with Crippen molar-refractivity contribution in [2.24, 2.45) is 4.99 Å². The van der Waals surface area contributed by atoms with E-state index < -0.39 is 48.6 Å². The first-order valence-electron chi connectivity index (χ1n) is 11.2. The molecule has 0 bridgehead atoms. The third-order valence-corrected chi connectivity index (χ3v) is 6.38. The molecular formula is C21H27N5O7. The summed E-state index contributed by atoms with van der Waals surface area (Å²) in [6, 6.07) is 0.372. The standard InChI is InChI=1S/C21H27N5O7/c1-10(27)30-16-14-15(17(21(29)33-14)31-11(2)28)32-20(16)26-9-24-13-18(22-8-23-19(13)26)25-12-6-4-3-5-7-12/h8-9,12,14-18,20,25H,3-7H2,1-2H3,(H,22,23)/t14-,15+,16-,17+,18+,20+/m1/s1. The van der Waals surface area contributed by atoms with E-state index in [0.29, 0.717) is 17.6 Å². The SMILES string of the molecule is CC(=O)O[C@@H]1[C@@H]2OC(=O)[C@@H](OC(C)=O)[C@H]2O[C@@H]1n1cnc2c1NC=N[C@H]2NC1CCCCC1. The van der Waals surface area contributed by atoms with E-state index in [4.69, 9.17) is 18.9 Å². The first-order valence-corrected chi connectivity index (χ1v) is 11.2. The number of aromatic nitrogens is 2. The number of rotatable bonds is 5. The number of aliphatic imine (C=N–C) groups is 1. The normalized spacial score (nSPS) is 33.1. The highest BCUT2D eigenvalue weighted by Gasteiger charge is 2.61. The Morgan fingerprint density at radius 1 is 1.15 bits per heavy atom. The average molecular weight is 461 g/mol. The highest BCUT2D eigenvalue weighted by Crippen LogP contribution is 2.42. The van der Waals surface area contributed by atoms with E-state index >= 15 is 0 Å². The van der Waals surface area contributed by atoms with E-state index in [1.807, 2.05) is 0 Å². The fourth-order valence-corrected chi connectivity index (χ4v) is 4.99. The van der Waals surface area contributed by atoms with Crippen molar-refractivity contribution in [3.05, 3.63) is 12.0 Å². The van der Waals surface area contributed by atoms with E-state index in [1.165, 1.54) is 33.1 Å². The summed E-state index contributed by atoms with van der Waals surface area (Å²) in [5.74, 6) is -1.29. The Labute approximate surface area is 190 Å². The molecule has 1 aliphatic carbocycles. The van der Waals surface area contributed by atoms with Crippen molar-refractivity contribution >= 4 is 30.1 Å². The van der Waals surface area contributed by atoms with Crippen LogP contribution in [0.1, 0.15) is 64.0 Å². The molecule has 2 N–H and O–H groups in total. The van der Waals surface area contributed by atoms with Crippen molar-refractivity contribution in [1.29, 1.82) is 0 Å². The molecule has 1 aromatic heterocycles. The number of esters is 3. The smallest absolute Gasteiger partial charge is 0.350 e. The van der Waals surface area contributed by atoms with Gasteiger partial charge in [0.2, 0.25) is 6.10 Å². The Bertz CT molecular complexity index is 972. The fourth-order valence-electron chi connectivity index (χ4n) is 4.99. The minimum absolute atomic E-state index is 0.315. The zero-order chi connectivity index (χ0) is 23.1. The Kier molecular flexibility index (Phi) is 5.79. The predicted molar refractivity (Wildman–Crippen MR) is 112 cm³/mol. The lowest BCUT2D eigenvalue weighted by atomic mass is 9.95. The number of nitrogens with one attached hydrogen (secondary N) is 2. The van der Waals surface area contributed by atoms with Crippen LogP contribution >= 0.6 is 0 Å². The van der Waals surface area contributed by atoms with Crippen molar-refractivity contribution in [2.45, 2.75) is 88.8 Å². The van der Waals surface area contributed by atoms with Gasteiger partial charge in [0.15, 0.2) is 18.4 Å². The van der Waals surface area contributed by atoms with Gasteiger partial charge >= 0.3 is 17.9 Å². The van der Waals surface area contributed by atoms with E-state index in [9.17, 15) is 14.4 Å². The van der Waals surface area contributed by atoms with Crippen LogP contribution in [-0.2, 0) is 33.3 Å². The van der Waals surface area contributed by atoms with Crippen LogP contribution in [0.5, 0.6) is 0 Å². The van der Waals surface area contributed by atoms with Crippen LogP contribution < -0.4 is 10.6 Å². The molecule has 33 heavy (non-hydrogen) atoms. The zero-order valence-corrected chi connectivity index (χ0v) is 18.4. The lowest BCUT2D eigenvalue weighted by Gasteiger charge is -2.29. The average Bonchev–Trinajstić information content (AvgIpc) is 3.43. The number of fused-ring (bicyclic) bond motifs is 2. The van der Waals surface area contributed by atoms with Crippen LogP contribution in [-0.4, -0.2) is 64.3 Å². The molecule has 0 unspecified atom stereocenters. The monoisotopic (exact) mass is 461 g/mol. The molecule has 3 aliphatic heterocycles. The van der Waals surface area contributed by atoms with Gasteiger partial charge in [-0.1, -0.05) is 19.3 Å². The van der Waals surface area contributed by atoms with Crippen molar-refractivity contribution in [3.8, 4) is 0 Å². The quantitative estimate of drug-likeness (QED) is 0.480. The number of carbonyl (C=O) groups is 3. The minimum atomic E-state index is -1.23.